The maximum Gasteiger partial charge on any atom is 0.0666 e. The number of hydrogen-bond acceptors (Lipinski definition) is 3. The lowest BCUT2D eigenvalue weighted by atomic mass is 9.88. The van der Waals surface area contributed by atoms with Gasteiger partial charge in [0, 0.05) is 24.7 Å². The summed E-state index contributed by atoms with van der Waals surface area (Å²) < 4.78 is 6.02. The molecule has 0 aromatic rings. The largest absolute Gasteiger partial charge is 0.375 e. The fourth-order valence-corrected chi connectivity index (χ4v) is 4.37. The molecule has 3 rings (SSSR count). The van der Waals surface area contributed by atoms with Crippen molar-refractivity contribution in [1.82, 2.24) is 10.2 Å². The number of likely N-dealkylation sites (tertiary alicyclic amines) is 1. The van der Waals surface area contributed by atoms with Crippen molar-refractivity contribution >= 4 is 0 Å². The molecule has 3 aliphatic rings. The van der Waals surface area contributed by atoms with Crippen molar-refractivity contribution in [2.24, 2.45) is 0 Å². The van der Waals surface area contributed by atoms with Crippen LogP contribution in [0, 0.1) is 0 Å². The highest BCUT2D eigenvalue weighted by Crippen LogP contribution is 2.35. The lowest BCUT2D eigenvalue weighted by Crippen LogP contribution is -2.53. The van der Waals surface area contributed by atoms with Gasteiger partial charge in [-0.15, -0.1) is 0 Å². The van der Waals surface area contributed by atoms with E-state index in [1.165, 1.54) is 51.6 Å². The molecule has 0 spiro atoms. The molecule has 3 heterocycles. The van der Waals surface area contributed by atoms with Crippen molar-refractivity contribution in [3.05, 3.63) is 0 Å². The van der Waals surface area contributed by atoms with Crippen LogP contribution < -0.4 is 5.32 Å². The van der Waals surface area contributed by atoms with Crippen molar-refractivity contribution in [2.45, 2.75) is 82.5 Å². The van der Waals surface area contributed by atoms with Gasteiger partial charge in [0.15, 0.2) is 0 Å². The minimum absolute atomic E-state index is 0.124. The van der Waals surface area contributed by atoms with Crippen LogP contribution in [-0.2, 0) is 4.74 Å². The predicted molar refractivity (Wildman–Crippen MR) is 78.4 cm³/mol. The Bertz CT molecular complexity index is 303. The molecule has 3 fully saturated rings. The first-order valence-electron chi connectivity index (χ1n) is 8.35. The van der Waals surface area contributed by atoms with Gasteiger partial charge in [-0.25, -0.2) is 0 Å². The van der Waals surface area contributed by atoms with E-state index < -0.39 is 0 Å². The third-order valence-electron chi connectivity index (χ3n) is 5.69. The van der Waals surface area contributed by atoms with Crippen LogP contribution in [-0.4, -0.2) is 48.3 Å². The van der Waals surface area contributed by atoms with E-state index in [1.807, 2.05) is 0 Å². The SMILES string of the molecule is CCC1(C)CC(N2CCCC2C2CCCN2)CCO1. The van der Waals surface area contributed by atoms with Gasteiger partial charge >= 0.3 is 0 Å². The smallest absolute Gasteiger partial charge is 0.0666 e. The van der Waals surface area contributed by atoms with E-state index in [9.17, 15) is 0 Å². The second-order valence-corrected chi connectivity index (χ2v) is 6.95. The van der Waals surface area contributed by atoms with Gasteiger partial charge in [0.05, 0.1) is 5.60 Å². The number of rotatable bonds is 3. The summed E-state index contributed by atoms with van der Waals surface area (Å²) in [6.07, 6.45) is 9.15. The van der Waals surface area contributed by atoms with Crippen LogP contribution in [0.25, 0.3) is 0 Å². The second-order valence-electron chi connectivity index (χ2n) is 6.95. The number of nitrogens with one attached hydrogen (secondary N) is 1. The van der Waals surface area contributed by atoms with Crippen molar-refractivity contribution < 1.29 is 4.74 Å². The van der Waals surface area contributed by atoms with E-state index in [0.29, 0.717) is 0 Å². The Morgan fingerprint density at radius 2 is 2.16 bits per heavy atom. The number of hydrogen-bond donors (Lipinski definition) is 1. The zero-order valence-corrected chi connectivity index (χ0v) is 12.7. The van der Waals surface area contributed by atoms with Gasteiger partial charge in [-0.2, -0.15) is 0 Å². The maximum absolute atomic E-state index is 6.02. The highest BCUT2D eigenvalue weighted by Gasteiger charge is 2.41. The predicted octanol–water partition coefficient (Wildman–Crippen LogP) is 2.55. The fraction of sp³-hybridized carbons (Fsp3) is 1.00. The standard InChI is InChI=1S/C16H30N2O/c1-3-16(2)12-13(8-11-19-16)18-10-5-7-15(18)14-6-4-9-17-14/h13-15,17H,3-12H2,1-2H3. The monoisotopic (exact) mass is 266 g/mol. The van der Waals surface area contributed by atoms with E-state index in [-0.39, 0.29) is 5.60 Å². The maximum atomic E-state index is 6.02. The molecule has 3 nitrogen and oxygen atoms in total. The summed E-state index contributed by atoms with van der Waals surface area (Å²) in [6.45, 7) is 8.07. The summed E-state index contributed by atoms with van der Waals surface area (Å²) >= 11 is 0. The Kier molecular flexibility index (Phi) is 4.16. The van der Waals surface area contributed by atoms with Gasteiger partial charge in [0.1, 0.15) is 0 Å². The molecule has 3 aliphatic heterocycles. The minimum Gasteiger partial charge on any atom is -0.375 e. The molecule has 3 heteroatoms. The Hall–Kier alpha value is -0.120. The van der Waals surface area contributed by atoms with E-state index in [2.05, 4.69) is 24.1 Å². The molecule has 4 atom stereocenters. The quantitative estimate of drug-likeness (QED) is 0.849. The van der Waals surface area contributed by atoms with Crippen molar-refractivity contribution in [3.8, 4) is 0 Å². The van der Waals surface area contributed by atoms with E-state index in [1.54, 1.807) is 0 Å². The first-order chi connectivity index (χ1) is 9.22. The third-order valence-corrected chi connectivity index (χ3v) is 5.69. The number of ether oxygens (including phenoxy) is 1. The summed E-state index contributed by atoms with van der Waals surface area (Å²) in [6, 6.07) is 2.32. The van der Waals surface area contributed by atoms with Gasteiger partial charge in [0.25, 0.3) is 0 Å². The van der Waals surface area contributed by atoms with Crippen LogP contribution in [0.15, 0.2) is 0 Å². The molecular weight excluding hydrogens is 236 g/mol. The molecule has 0 saturated carbocycles. The van der Waals surface area contributed by atoms with Crippen LogP contribution in [0.3, 0.4) is 0 Å². The first kappa shape index (κ1) is 13.8. The highest BCUT2D eigenvalue weighted by atomic mass is 16.5. The minimum atomic E-state index is 0.124. The molecule has 110 valence electrons. The van der Waals surface area contributed by atoms with Gasteiger partial charge in [0.2, 0.25) is 0 Å². The lowest BCUT2D eigenvalue weighted by Gasteiger charge is -2.44. The first-order valence-corrected chi connectivity index (χ1v) is 8.35. The lowest BCUT2D eigenvalue weighted by molar-refractivity contribution is -0.0992. The molecule has 0 bridgehead atoms. The molecule has 3 saturated heterocycles. The third kappa shape index (κ3) is 2.84. The van der Waals surface area contributed by atoms with Crippen LogP contribution in [0.1, 0.15) is 58.8 Å². The number of nitrogens with zero attached hydrogens (tertiary/aromatic N) is 1. The molecule has 0 aromatic heterocycles. The van der Waals surface area contributed by atoms with E-state index in [4.69, 9.17) is 4.74 Å². The normalized spacial score (nSPS) is 44.8. The van der Waals surface area contributed by atoms with Gasteiger partial charge in [-0.1, -0.05) is 6.92 Å². The topological polar surface area (TPSA) is 24.5 Å². The highest BCUT2D eigenvalue weighted by molar-refractivity contribution is 4.97. The van der Waals surface area contributed by atoms with Crippen LogP contribution in [0.2, 0.25) is 0 Å². The van der Waals surface area contributed by atoms with Crippen LogP contribution in [0.4, 0.5) is 0 Å². The molecular formula is C16H30N2O. The van der Waals surface area contributed by atoms with Crippen LogP contribution >= 0.6 is 0 Å². The summed E-state index contributed by atoms with van der Waals surface area (Å²) in [5, 5.41) is 3.73. The van der Waals surface area contributed by atoms with Crippen molar-refractivity contribution in [1.29, 1.82) is 0 Å². The van der Waals surface area contributed by atoms with Crippen LogP contribution in [0.5, 0.6) is 0 Å². The molecule has 1 N–H and O–H groups in total. The Labute approximate surface area is 118 Å². The fourth-order valence-electron chi connectivity index (χ4n) is 4.37. The van der Waals surface area contributed by atoms with Gasteiger partial charge < -0.3 is 10.1 Å². The van der Waals surface area contributed by atoms with E-state index in [0.717, 1.165) is 31.2 Å². The van der Waals surface area contributed by atoms with Crippen molar-refractivity contribution in [2.75, 3.05) is 19.7 Å². The summed E-state index contributed by atoms with van der Waals surface area (Å²) in [7, 11) is 0. The summed E-state index contributed by atoms with van der Waals surface area (Å²) in [5.41, 5.74) is 0.124. The van der Waals surface area contributed by atoms with Crippen molar-refractivity contribution in [3.63, 3.8) is 0 Å². The molecule has 0 amide bonds. The molecule has 0 radical (unpaired) electrons. The van der Waals surface area contributed by atoms with Gasteiger partial charge in [-0.3, -0.25) is 4.90 Å². The zero-order chi connectivity index (χ0) is 13.3. The molecule has 0 aliphatic carbocycles. The molecule has 19 heavy (non-hydrogen) atoms. The zero-order valence-electron chi connectivity index (χ0n) is 12.7. The van der Waals surface area contributed by atoms with Gasteiger partial charge in [-0.05, 0) is 65.0 Å². The molecule has 4 unspecified atom stereocenters. The van der Waals surface area contributed by atoms with E-state index >= 15 is 0 Å². The Morgan fingerprint density at radius 3 is 2.89 bits per heavy atom. The average Bonchev–Trinajstić information content (AvgIpc) is 3.09. The summed E-state index contributed by atoms with van der Waals surface area (Å²) in [5.74, 6) is 0. The Balaban J connectivity index is 1.66. The summed E-state index contributed by atoms with van der Waals surface area (Å²) in [4.78, 5) is 2.83. The molecule has 0 aromatic carbocycles. The average molecular weight is 266 g/mol. The second kappa shape index (κ2) is 5.71. The Morgan fingerprint density at radius 1 is 1.26 bits per heavy atom.